The number of hydrogen-bond acceptors (Lipinski definition) is 1. The maximum atomic E-state index is 4.16. The molecular formula is C7H8IN. The third-order valence-electron chi connectivity index (χ3n) is 1.05. The largest absolute Gasteiger partial charge is 0.255 e. The Kier molecular flexibility index (Phi) is 2.97. The Morgan fingerprint density at radius 3 is 3.22 bits per heavy atom. The van der Waals surface area contributed by atoms with Crippen LogP contribution in [0.15, 0.2) is 26.9 Å². The van der Waals surface area contributed by atoms with Gasteiger partial charge in [-0.2, -0.15) is 0 Å². The molecule has 48 valence electrons. The Morgan fingerprint density at radius 1 is 1.44 bits per heavy atom. The van der Waals surface area contributed by atoms with Crippen LogP contribution in [0, 0.1) is 0 Å². The van der Waals surface area contributed by atoms with E-state index in [0.717, 1.165) is 16.5 Å². The lowest BCUT2D eigenvalue weighted by atomic mass is 10.3. The Balaban J connectivity index is 2.66. The van der Waals surface area contributed by atoms with E-state index < -0.39 is 0 Å². The van der Waals surface area contributed by atoms with E-state index >= 15 is 0 Å². The second-order valence-electron chi connectivity index (χ2n) is 1.81. The second-order valence-corrected chi connectivity index (χ2v) is 2.91. The average Bonchev–Trinajstić information content (AvgIpc) is 1.79. The van der Waals surface area contributed by atoms with Gasteiger partial charge in [0.1, 0.15) is 3.70 Å². The van der Waals surface area contributed by atoms with Gasteiger partial charge < -0.3 is 0 Å². The molecule has 1 rings (SSSR count). The summed E-state index contributed by atoms with van der Waals surface area (Å²) in [5, 5.41) is 0. The summed E-state index contributed by atoms with van der Waals surface area (Å²) in [4.78, 5) is 4.16. The van der Waals surface area contributed by atoms with Crippen molar-refractivity contribution in [1.29, 1.82) is 0 Å². The summed E-state index contributed by atoms with van der Waals surface area (Å²) in [6.07, 6.45) is 10.4. The van der Waals surface area contributed by atoms with Gasteiger partial charge in [-0.05, 0) is 41.5 Å². The third kappa shape index (κ3) is 2.79. The van der Waals surface area contributed by atoms with Gasteiger partial charge in [-0.3, -0.25) is 4.99 Å². The fourth-order valence-corrected chi connectivity index (χ4v) is 1.01. The monoisotopic (exact) mass is 233 g/mol. The molecule has 0 N–H and O–H groups in total. The predicted octanol–water partition coefficient (Wildman–Crippen LogP) is 2.68. The smallest absolute Gasteiger partial charge is 0.100 e. The van der Waals surface area contributed by atoms with Crippen molar-refractivity contribution in [2.45, 2.75) is 12.8 Å². The van der Waals surface area contributed by atoms with Gasteiger partial charge in [0.25, 0.3) is 0 Å². The summed E-state index contributed by atoms with van der Waals surface area (Å²) >= 11 is 2.21. The first-order valence-corrected chi connectivity index (χ1v) is 4.02. The van der Waals surface area contributed by atoms with Crippen LogP contribution in [-0.2, 0) is 0 Å². The van der Waals surface area contributed by atoms with Crippen molar-refractivity contribution < 1.29 is 0 Å². The van der Waals surface area contributed by atoms with E-state index in [-0.39, 0.29) is 0 Å². The van der Waals surface area contributed by atoms with Crippen LogP contribution in [0.2, 0.25) is 0 Å². The molecule has 0 saturated heterocycles. The maximum absolute atomic E-state index is 4.16. The Hall–Kier alpha value is -0.120. The van der Waals surface area contributed by atoms with Crippen molar-refractivity contribution in [3.8, 4) is 0 Å². The Labute approximate surface area is 68.7 Å². The van der Waals surface area contributed by atoms with Gasteiger partial charge in [0, 0.05) is 6.21 Å². The highest BCUT2D eigenvalue weighted by Gasteiger charge is 1.84. The maximum Gasteiger partial charge on any atom is 0.100 e. The molecule has 1 aliphatic rings. The highest BCUT2D eigenvalue weighted by Crippen LogP contribution is 2.08. The zero-order valence-corrected chi connectivity index (χ0v) is 7.21. The number of nitrogens with zero attached hydrogens (tertiary/aromatic N) is 1. The van der Waals surface area contributed by atoms with E-state index in [9.17, 15) is 0 Å². The molecule has 0 bridgehead atoms. The summed E-state index contributed by atoms with van der Waals surface area (Å²) in [6.45, 7) is 0. The van der Waals surface area contributed by atoms with E-state index in [1.165, 1.54) is 0 Å². The molecule has 0 amide bonds. The van der Waals surface area contributed by atoms with Crippen LogP contribution in [0.1, 0.15) is 12.8 Å². The first-order valence-electron chi connectivity index (χ1n) is 2.94. The molecule has 0 spiro atoms. The van der Waals surface area contributed by atoms with E-state index in [4.69, 9.17) is 0 Å². The minimum Gasteiger partial charge on any atom is -0.255 e. The fraction of sp³-hybridized carbons (Fsp3) is 0.286. The quantitative estimate of drug-likeness (QED) is 0.450. The summed E-state index contributed by atoms with van der Waals surface area (Å²) < 4.78 is 1.06. The molecule has 1 aliphatic heterocycles. The molecular weight excluding hydrogens is 225 g/mol. The van der Waals surface area contributed by atoms with Crippen LogP contribution in [0.4, 0.5) is 0 Å². The molecule has 0 radical (unpaired) electrons. The lowest BCUT2D eigenvalue weighted by molar-refractivity contribution is 1.11. The zero-order chi connectivity index (χ0) is 6.53. The normalized spacial score (nSPS) is 31.4. The number of allylic oxidation sites excluding steroid dienone is 3. The summed E-state index contributed by atoms with van der Waals surface area (Å²) in [5.74, 6) is 0. The van der Waals surface area contributed by atoms with Crippen molar-refractivity contribution in [1.82, 2.24) is 0 Å². The van der Waals surface area contributed by atoms with Crippen LogP contribution in [-0.4, -0.2) is 6.21 Å². The van der Waals surface area contributed by atoms with Crippen molar-refractivity contribution in [3.63, 3.8) is 0 Å². The summed E-state index contributed by atoms with van der Waals surface area (Å²) in [6, 6.07) is 0. The van der Waals surface area contributed by atoms with E-state index in [1.807, 2.05) is 12.3 Å². The first-order chi connectivity index (χ1) is 4.39. The summed E-state index contributed by atoms with van der Waals surface area (Å²) in [7, 11) is 0. The van der Waals surface area contributed by atoms with Gasteiger partial charge in [-0.25, -0.2) is 0 Å². The highest BCUT2D eigenvalue weighted by molar-refractivity contribution is 14.1. The molecule has 0 fully saturated rings. The number of aliphatic imine (C=N–C) groups is 1. The first kappa shape index (κ1) is 6.99. The van der Waals surface area contributed by atoms with E-state index in [1.54, 1.807) is 0 Å². The fourth-order valence-electron chi connectivity index (χ4n) is 0.609. The van der Waals surface area contributed by atoms with Crippen molar-refractivity contribution in [3.05, 3.63) is 21.9 Å². The van der Waals surface area contributed by atoms with Gasteiger partial charge in [-0.1, -0.05) is 12.2 Å². The average molecular weight is 233 g/mol. The van der Waals surface area contributed by atoms with Crippen LogP contribution in [0.25, 0.3) is 0 Å². The molecule has 0 aromatic rings. The summed E-state index contributed by atoms with van der Waals surface area (Å²) in [5.41, 5.74) is 0. The van der Waals surface area contributed by atoms with Crippen LogP contribution in [0.5, 0.6) is 0 Å². The molecule has 0 aromatic heterocycles. The minimum absolute atomic E-state index is 1.06. The lowest BCUT2D eigenvalue weighted by Gasteiger charge is -1.91. The van der Waals surface area contributed by atoms with Crippen molar-refractivity contribution in [2.75, 3.05) is 0 Å². The van der Waals surface area contributed by atoms with Gasteiger partial charge in [0.2, 0.25) is 0 Å². The molecule has 0 unspecified atom stereocenters. The number of hydrogen-bond donors (Lipinski definition) is 0. The van der Waals surface area contributed by atoms with Gasteiger partial charge in [-0.15, -0.1) is 0 Å². The molecule has 0 aliphatic carbocycles. The SMILES string of the molecule is IC1=C/C=C\CC\C=N\1. The predicted molar refractivity (Wildman–Crippen MR) is 49.0 cm³/mol. The number of halogens is 1. The molecule has 1 heterocycles. The molecule has 0 atom stereocenters. The van der Waals surface area contributed by atoms with Crippen LogP contribution >= 0.6 is 22.6 Å². The molecule has 1 nitrogen and oxygen atoms in total. The third-order valence-corrected chi connectivity index (χ3v) is 1.69. The molecule has 0 saturated carbocycles. The second kappa shape index (κ2) is 3.82. The Morgan fingerprint density at radius 2 is 2.33 bits per heavy atom. The molecule has 2 heteroatoms. The van der Waals surface area contributed by atoms with Gasteiger partial charge >= 0.3 is 0 Å². The van der Waals surface area contributed by atoms with Crippen molar-refractivity contribution in [2.24, 2.45) is 4.99 Å². The van der Waals surface area contributed by atoms with Crippen LogP contribution in [0.3, 0.4) is 0 Å². The standard InChI is InChI=1S/C7H8IN/c8-7-5-3-1-2-4-6-9-7/h1,3,5-6H,2,4H2/b3-1-,7-5-,9-6+. The van der Waals surface area contributed by atoms with E-state index in [0.29, 0.717) is 0 Å². The minimum atomic E-state index is 1.06. The highest BCUT2D eigenvalue weighted by atomic mass is 127. The van der Waals surface area contributed by atoms with Gasteiger partial charge in [0.05, 0.1) is 0 Å². The lowest BCUT2D eigenvalue weighted by Crippen LogP contribution is -1.76. The number of rotatable bonds is 0. The van der Waals surface area contributed by atoms with E-state index in [2.05, 4.69) is 39.7 Å². The topological polar surface area (TPSA) is 12.4 Å². The molecule has 0 aromatic carbocycles. The van der Waals surface area contributed by atoms with Crippen molar-refractivity contribution >= 4 is 28.8 Å². The molecule has 9 heavy (non-hydrogen) atoms. The van der Waals surface area contributed by atoms with Crippen LogP contribution < -0.4 is 0 Å². The zero-order valence-electron chi connectivity index (χ0n) is 5.05. The Bertz CT molecular complexity index is 168. The van der Waals surface area contributed by atoms with Gasteiger partial charge in [0.15, 0.2) is 0 Å².